The topological polar surface area (TPSA) is 0 Å². The lowest BCUT2D eigenvalue weighted by molar-refractivity contribution is 1.50. The summed E-state index contributed by atoms with van der Waals surface area (Å²) >= 11 is 0. The predicted molar refractivity (Wildman–Crippen MR) is 83.2 cm³/mol. The minimum Gasteiger partial charge on any atom is -0.0886 e. The summed E-state index contributed by atoms with van der Waals surface area (Å²) in [6.45, 7) is 4.28. The van der Waals surface area contributed by atoms with E-state index >= 15 is 0 Å². The second-order valence-electron chi connectivity index (χ2n) is 5.44. The Bertz CT molecular complexity index is 844. The van der Waals surface area contributed by atoms with Gasteiger partial charge in [-0.05, 0) is 58.0 Å². The van der Waals surface area contributed by atoms with Crippen LogP contribution < -0.4 is 5.46 Å². The number of hydrogen-bond donors (Lipinski definition) is 0. The lowest BCUT2D eigenvalue weighted by atomic mass is 9.85. The summed E-state index contributed by atoms with van der Waals surface area (Å²) in [5.74, 6) is 0. The summed E-state index contributed by atoms with van der Waals surface area (Å²) in [7, 11) is 6.23. The van der Waals surface area contributed by atoms with E-state index in [1.807, 2.05) is 0 Å². The minimum absolute atomic E-state index is 0.883. The van der Waals surface area contributed by atoms with E-state index in [9.17, 15) is 0 Å². The van der Waals surface area contributed by atoms with Crippen molar-refractivity contribution in [2.45, 2.75) is 13.8 Å². The fraction of sp³-hybridized carbons (Fsp3) is 0.111. The van der Waals surface area contributed by atoms with Gasteiger partial charge in [-0.2, -0.15) is 0 Å². The molecule has 0 saturated carbocycles. The first kappa shape index (κ1) is 10.9. The molecule has 1 aliphatic rings. The summed E-state index contributed by atoms with van der Waals surface area (Å²) in [4.78, 5) is 0. The third-order valence-corrected chi connectivity index (χ3v) is 4.10. The van der Waals surface area contributed by atoms with Crippen molar-refractivity contribution in [3.8, 4) is 22.3 Å². The van der Waals surface area contributed by atoms with Gasteiger partial charge in [0, 0.05) is 0 Å². The van der Waals surface area contributed by atoms with E-state index in [2.05, 4.69) is 56.3 Å². The first-order valence-corrected chi connectivity index (χ1v) is 6.60. The largest absolute Gasteiger partial charge is 0.114 e. The Morgan fingerprint density at radius 3 is 2.37 bits per heavy atom. The Morgan fingerprint density at radius 2 is 1.58 bits per heavy atom. The van der Waals surface area contributed by atoms with Crippen molar-refractivity contribution in [1.82, 2.24) is 0 Å². The van der Waals surface area contributed by atoms with E-state index in [4.69, 9.17) is 7.85 Å². The quantitative estimate of drug-likeness (QED) is 0.409. The van der Waals surface area contributed by atoms with Gasteiger partial charge in [-0.1, -0.05) is 47.9 Å². The Labute approximate surface area is 114 Å². The first-order chi connectivity index (χ1) is 9.16. The van der Waals surface area contributed by atoms with Crippen LogP contribution in [-0.2, 0) is 0 Å². The van der Waals surface area contributed by atoms with Crippen molar-refractivity contribution in [3.05, 3.63) is 53.6 Å². The molecule has 0 amide bonds. The Kier molecular flexibility index (Phi) is 2.01. The second kappa shape index (κ2) is 3.51. The molecular weight excluding hydrogens is 227 g/mol. The highest BCUT2D eigenvalue weighted by atomic mass is 14.3. The van der Waals surface area contributed by atoms with Gasteiger partial charge >= 0.3 is 0 Å². The number of aryl methyl sites for hydroxylation is 2. The van der Waals surface area contributed by atoms with Crippen LogP contribution in [0, 0.1) is 13.8 Å². The van der Waals surface area contributed by atoms with Gasteiger partial charge in [0.2, 0.25) is 0 Å². The van der Waals surface area contributed by atoms with Crippen LogP contribution in [0.4, 0.5) is 0 Å². The SMILES string of the molecule is [B]c1cc(C)c2c3c(cc(C)cc13)-c1ccccc1-2. The standard InChI is InChI=1S/C18H13B/c1-10-7-14-12-5-3-4-6-13(12)17-11(2)9-16(19)15(8-10)18(14)17/h3-9H,1-2H3. The van der Waals surface area contributed by atoms with Crippen LogP contribution in [0.1, 0.15) is 11.1 Å². The third kappa shape index (κ3) is 1.30. The molecule has 4 rings (SSSR count). The molecular formula is C18H13B. The van der Waals surface area contributed by atoms with Crippen LogP contribution in [0.3, 0.4) is 0 Å². The molecule has 0 spiro atoms. The molecule has 1 heteroatoms. The normalized spacial score (nSPS) is 11.9. The molecule has 3 aromatic rings. The first-order valence-electron chi connectivity index (χ1n) is 6.60. The average molecular weight is 240 g/mol. The van der Waals surface area contributed by atoms with Gasteiger partial charge < -0.3 is 0 Å². The summed E-state index contributed by atoms with van der Waals surface area (Å²) < 4.78 is 0. The molecule has 0 heterocycles. The van der Waals surface area contributed by atoms with Crippen molar-refractivity contribution < 1.29 is 0 Å². The van der Waals surface area contributed by atoms with Gasteiger partial charge in [0.15, 0.2) is 0 Å². The summed E-state index contributed by atoms with van der Waals surface area (Å²) in [5, 5.41) is 2.51. The van der Waals surface area contributed by atoms with Crippen LogP contribution in [-0.4, -0.2) is 7.85 Å². The van der Waals surface area contributed by atoms with E-state index < -0.39 is 0 Å². The van der Waals surface area contributed by atoms with Crippen molar-refractivity contribution >= 4 is 24.1 Å². The molecule has 0 unspecified atom stereocenters. The Balaban J connectivity index is 2.33. The monoisotopic (exact) mass is 240 g/mol. The Hall–Kier alpha value is -2.02. The van der Waals surface area contributed by atoms with Gasteiger partial charge in [0.25, 0.3) is 0 Å². The van der Waals surface area contributed by atoms with Gasteiger partial charge in [0.05, 0.1) is 0 Å². The maximum atomic E-state index is 6.23. The molecule has 3 aromatic carbocycles. The maximum Gasteiger partial charge on any atom is 0.114 e. The zero-order valence-corrected chi connectivity index (χ0v) is 11.1. The van der Waals surface area contributed by atoms with Gasteiger partial charge in [0.1, 0.15) is 7.85 Å². The molecule has 88 valence electrons. The summed E-state index contributed by atoms with van der Waals surface area (Å²) in [6, 6.07) is 15.2. The molecule has 2 radical (unpaired) electrons. The molecule has 0 aliphatic heterocycles. The van der Waals surface area contributed by atoms with Gasteiger partial charge in [-0.15, -0.1) is 0 Å². The highest BCUT2D eigenvalue weighted by Crippen LogP contribution is 2.48. The van der Waals surface area contributed by atoms with Crippen LogP contribution in [0.2, 0.25) is 0 Å². The second-order valence-corrected chi connectivity index (χ2v) is 5.44. The predicted octanol–water partition coefficient (Wildman–Crippen LogP) is 3.90. The highest BCUT2D eigenvalue weighted by Gasteiger charge is 2.23. The van der Waals surface area contributed by atoms with Gasteiger partial charge in [-0.25, -0.2) is 0 Å². The zero-order chi connectivity index (χ0) is 13.1. The highest BCUT2D eigenvalue weighted by molar-refractivity contribution is 6.41. The molecule has 0 saturated heterocycles. The van der Waals surface area contributed by atoms with E-state index in [1.54, 1.807) is 0 Å². The van der Waals surface area contributed by atoms with E-state index in [1.165, 1.54) is 44.2 Å². The lowest BCUT2D eigenvalue weighted by Crippen LogP contribution is -2.05. The molecule has 0 atom stereocenters. The van der Waals surface area contributed by atoms with Crippen molar-refractivity contribution in [1.29, 1.82) is 0 Å². The van der Waals surface area contributed by atoms with E-state index in [0.29, 0.717) is 0 Å². The number of fused-ring (bicyclic) bond motifs is 3. The molecule has 0 aromatic heterocycles. The van der Waals surface area contributed by atoms with Crippen molar-refractivity contribution in [2.24, 2.45) is 0 Å². The van der Waals surface area contributed by atoms with E-state index in [-0.39, 0.29) is 0 Å². The molecule has 0 bridgehead atoms. The maximum absolute atomic E-state index is 6.23. The van der Waals surface area contributed by atoms with Crippen LogP contribution in [0.5, 0.6) is 0 Å². The third-order valence-electron chi connectivity index (χ3n) is 4.10. The molecule has 0 fully saturated rings. The lowest BCUT2D eigenvalue weighted by Gasteiger charge is -2.10. The average Bonchev–Trinajstić information content (AvgIpc) is 2.71. The van der Waals surface area contributed by atoms with Crippen molar-refractivity contribution in [2.75, 3.05) is 0 Å². The smallest absolute Gasteiger partial charge is 0.0886 e. The van der Waals surface area contributed by atoms with Crippen LogP contribution in [0.25, 0.3) is 33.0 Å². The molecule has 0 N–H and O–H groups in total. The zero-order valence-electron chi connectivity index (χ0n) is 11.1. The van der Waals surface area contributed by atoms with E-state index in [0.717, 1.165) is 5.46 Å². The number of hydrogen-bond acceptors (Lipinski definition) is 0. The number of rotatable bonds is 0. The molecule has 19 heavy (non-hydrogen) atoms. The Morgan fingerprint density at radius 1 is 0.842 bits per heavy atom. The molecule has 1 aliphatic carbocycles. The fourth-order valence-electron chi connectivity index (χ4n) is 3.36. The van der Waals surface area contributed by atoms with Gasteiger partial charge in [-0.3, -0.25) is 0 Å². The van der Waals surface area contributed by atoms with Crippen LogP contribution in [0.15, 0.2) is 42.5 Å². The fourth-order valence-corrected chi connectivity index (χ4v) is 3.36. The molecule has 0 nitrogen and oxygen atoms in total. The van der Waals surface area contributed by atoms with Crippen molar-refractivity contribution in [3.63, 3.8) is 0 Å². The summed E-state index contributed by atoms with van der Waals surface area (Å²) in [6.07, 6.45) is 0. The number of benzene rings is 3. The summed E-state index contributed by atoms with van der Waals surface area (Å²) in [5.41, 5.74) is 8.77. The minimum atomic E-state index is 0.883. The van der Waals surface area contributed by atoms with Crippen LogP contribution >= 0.6 is 0 Å².